The largest absolute Gasteiger partial charge is 0.331 e. The van der Waals surface area contributed by atoms with E-state index in [1.54, 1.807) is 38.2 Å². The van der Waals surface area contributed by atoms with Crippen LogP contribution in [0.15, 0.2) is 47.3 Å². The molecule has 0 saturated heterocycles. The Hall–Kier alpha value is -3.48. The summed E-state index contributed by atoms with van der Waals surface area (Å²) in [6.45, 7) is 5.91. The predicted octanol–water partition coefficient (Wildman–Crippen LogP) is 2.74. The average Bonchev–Trinajstić information content (AvgIpc) is 2.71. The number of fused-ring (bicyclic) bond motifs is 1. The molecule has 0 aliphatic heterocycles. The van der Waals surface area contributed by atoms with Gasteiger partial charge in [0.25, 0.3) is 11.5 Å². The minimum absolute atomic E-state index is 0.131. The van der Waals surface area contributed by atoms with Crippen LogP contribution in [0.3, 0.4) is 0 Å². The third-order valence-electron chi connectivity index (χ3n) is 4.98. The van der Waals surface area contributed by atoms with Crippen LogP contribution in [0.1, 0.15) is 28.5 Å². The predicted molar refractivity (Wildman–Crippen MR) is 113 cm³/mol. The van der Waals surface area contributed by atoms with Gasteiger partial charge in [-0.1, -0.05) is 30.3 Å². The summed E-state index contributed by atoms with van der Waals surface area (Å²) < 4.78 is 1.26. The van der Waals surface area contributed by atoms with Crippen molar-refractivity contribution in [2.24, 2.45) is 0 Å². The lowest BCUT2D eigenvalue weighted by molar-refractivity contribution is -0.116. The molecule has 150 valence electrons. The van der Waals surface area contributed by atoms with E-state index >= 15 is 0 Å². The molecule has 2 amide bonds. The first-order valence-corrected chi connectivity index (χ1v) is 9.44. The van der Waals surface area contributed by atoms with Gasteiger partial charge in [0.05, 0.1) is 11.9 Å². The van der Waals surface area contributed by atoms with Crippen molar-refractivity contribution in [3.63, 3.8) is 0 Å². The van der Waals surface area contributed by atoms with Crippen molar-refractivity contribution in [1.82, 2.24) is 14.7 Å². The van der Waals surface area contributed by atoms with Crippen LogP contribution < -0.4 is 10.9 Å². The SMILES string of the molecule is CCn1nc(C(=O)N(C)CC(=O)Nc2cccc(C)c2C)c2ccccc2c1=O. The molecular formula is C22H24N4O3. The van der Waals surface area contributed by atoms with E-state index in [1.807, 2.05) is 32.0 Å². The molecule has 1 aromatic heterocycles. The fourth-order valence-corrected chi connectivity index (χ4v) is 3.15. The molecule has 0 fully saturated rings. The number of nitrogens with one attached hydrogen (secondary N) is 1. The number of anilines is 1. The molecule has 3 aromatic rings. The summed E-state index contributed by atoms with van der Waals surface area (Å²) in [6.07, 6.45) is 0. The topological polar surface area (TPSA) is 84.3 Å². The second-order valence-corrected chi connectivity index (χ2v) is 6.97. The molecule has 1 heterocycles. The van der Waals surface area contributed by atoms with Gasteiger partial charge in [-0.3, -0.25) is 14.4 Å². The van der Waals surface area contributed by atoms with Crippen molar-refractivity contribution < 1.29 is 9.59 Å². The molecule has 0 aliphatic rings. The third kappa shape index (κ3) is 4.03. The summed E-state index contributed by atoms with van der Waals surface area (Å²) in [4.78, 5) is 39.3. The van der Waals surface area contributed by atoms with Gasteiger partial charge < -0.3 is 10.2 Å². The molecule has 0 unspecified atom stereocenters. The van der Waals surface area contributed by atoms with Gasteiger partial charge in [-0.25, -0.2) is 4.68 Å². The Morgan fingerprint density at radius 2 is 1.76 bits per heavy atom. The van der Waals surface area contributed by atoms with Gasteiger partial charge in [0, 0.05) is 24.7 Å². The molecule has 0 saturated carbocycles. The molecule has 0 spiro atoms. The minimum atomic E-state index is -0.417. The molecule has 3 rings (SSSR count). The second kappa shape index (κ2) is 8.26. The highest BCUT2D eigenvalue weighted by Gasteiger charge is 2.21. The number of hydrogen-bond acceptors (Lipinski definition) is 4. The molecule has 7 nitrogen and oxygen atoms in total. The van der Waals surface area contributed by atoms with Crippen LogP contribution in [0.4, 0.5) is 5.69 Å². The number of hydrogen-bond donors (Lipinski definition) is 1. The zero-order valence-corrected chi connectivity index (χ0v) is 17.0. The van der Waals surface area contributed by atoms with E-state index in [4.69, 9.17) is 0 Å². The number of aromatic nitrogens is 2. The Labute approximate surface area is 169 Å². The Bertz CT molecular complexity index is 1150. The van der Waals surface area contributed by atoms with Crippen molar-refractivity contribution >= 4 is 28.3 Å². The van der Waals surface area contributed by atoms with Gasteiger partial charge in [-0.2, -0.15) is 5.10 Å². The standard InChI is InChI=1S/C22H24N4O3/c1-5-26-21(28)17-11-7-6-10-16(17)20(24-26)22(29)25(4)13-19(27)23-18-12-8-9-14(2)15(18)3/h6-12H,5,13H2,1-4H3,(H,23,27). The Morgan fingerprint density at radius 1 is 1.07 bits per heavy atom. The zero-order chi connectivity index (χ0) is 21.1. The van der Waals surface area contributed by atoms with Crippen LogP contribution in [-0.4, -0.2) is 40.1 Å². The highest BCUT2D eigenvalue weighted by molar-refractivity contribution is 6.06. The number of carbonyl (C=O) groups is 2. The maximum absolute atomic E-state index is 13.0. The van der Waals surface area contributed by atoms with Crippen LogP contribution in [-0.2, 0) is 11.3 Å². The quantitative estimate of drug-likeness (QED) is 0.724. The van der Waals surface area contributed by atoms with Crippen molar-refractivity contribution in [2.75, 3.05) is 18.9 Å². The lowest BCUT2D eigenvalue weighted by atomic mass is 10.1. The smallest absolute Gasteiger partial charge is 0.275 e. The van der Waals surface area contributed by atoms with Crippen LogP contribution in [0.2, 0.25) is 0 Å². The van der Waals surface area contributed by atoms with Gasteiger partial charge in [0.1, 0.15) is 0 Å². The molecule has 0 aliphatic carbocycles. The number of rotatable bonds is 5. The van der Waals surface area contributed by atoms with Gasteiger partial charge in [-0.05, 0) is 44.0 Å². The summed E-state index contributed by atoms with van der Waals surface area (Å²) in [5.74, 6) is -0.720. The first-order chi connectivity index (χ1) is 13.8. The van der Waals surface area contributed by atoms with Gasteiger partial charge in [0.2, 0.25) is 5.91 Å². The Morgan fingerprint density at radius 3 is 2.45 bits per heavy atom. The molecule has 0 radical (unpaired) electrons. The fraction of sp³-hybridized carbons (Fsp3) is 0.273. The van der Waals surface area contributed by atoms with Crippen molar-refractivity contribution in [3.8, 4) is 0 Å². The summed E-state index contributed by atoms with van der Waals surface area (Å²) in [6, 6.07) is 12.5. The number of likely N-dealkylation sites (N-methyl/N-ethyl adjacent to an activating group) is 1. The second-order valence-electron chi connectivity index (χ2n) is 6.97. The number of carbonyl (C=O) groups excluding carboxylic acids is 2. The van der Waals surface area contributed by atoms with E-state index in [0.29, 0.717) is 17.3 Å². The van der Waals surface area contributed by atoms with Gasteiger partial charge in [0.15, 0.2) is 5.69 Å². The molecule has 1 N–H and O–H groups in total. The number of amides is 2. The van der Waals surface area contributed by atoms with E-state index in [1.165, 1.54) is 9.58 Å². The van der Waals surface area contributed by atoms with E-state index in [0.717, 1.165) is 16.8 Å². The summed E-state index contributed by atoms with van der Waals surface area (Å²) in [7, 11) is 1.54. The summed E-state index contributed by atoms with van der Waals surface area (Å²) >= 11 is 0. The molecule has 7 heteroatoms. The van der Waals surface area contributed by atoms with Crippen molar-refractivity contribution in [1.29, 1.82) is 0 Å². The van der Waals surface area contributed by atoms with Crippen LogP contribution in [0.5, 0.6) is 0 Å². The summed E-state index contributed by atoms with van der Waals surface area (Å²) in [5.41, 5.74) is 2.69. The first kappa shape index (κ1) is 20.3. The lowest BCUT2D eigenvalue weighted by Crippen LogP contribution is -2.37. The maximum atomic E-state index is 13.0. The Balaban J connectivity index is 1.85. The van der Waals surface area contributed by atoms with Crippen LogP contribution in [0, 0.1) is 13.8 Å². The monoisotopic (exact) mass is 392 g/mol. The Kier molecular flexibility index (Phi) is 5.77. The third-order valence-corrected chi connectivity index (χ3v) is 4.98. The van der Waals surface area contributed by atoms with E-state index in [2.05, 4.69) is 10.4 Å². The molecular weight excluding hydrogens is 368 g/mol. The van der Waals surface area contributed by atoms with Crippen molar-refractivity contribution in [3.05, 3.63) is 69.6 Å². The molecule has 0 bridgehead atoms. The normalized spacial score (nSPS) is 10.8. The van der Waals surface area contributed by atoms with Crippen molar-refractivity contribution in [2.45, 2.75) is 27.3 Å². The minimum Gasteiger partial charge on any atom is -0.331 e. The van der Waals surface area contributed by atoms with Gasteiger partial charge >= 0.3 is 0 Å². The number of aryl methyl sites for hydroxylation is 2. The number of nitrogens with zero attached hydrogens (tertiary/aromatic N) is 3. The lowest BCUT2D eigenvalue weighted by Gasteiger charge is -2.18. The first-order valence-electron chi connectivity index (χ1n) is 9.44. The van der Waals surface area contributed by atoms with E-state index in [9.17, 15) is 14.4 Å². The molecule has 0 atom stereocenters. The highest BCUT2D eigenvalue weighted by Crippen LogP contribution is 2.18. The fourth-order valence-electron chi connectivity index (χ4n) is 3.15. The average molecular weight is 392 g/mol. The zero-order valence-electron chi connectivity index (χ0n) is 17.0. The number of benzene rings is 2. The van der Waals surface area contributed by atoms with Crippen LogP contribution >= 0.6 is 0 Å². The van der Waals surface area contributed by atoms with E-state index in [-0.39, 0.29) is 23.7 Å². The molecule has 2 aromatic carbocycles. The maximum Gasteiger partial charge on any atom is 0.275 e. The van der Waals surface area contributed by atoms with Crippen LogP contribution in [0.25, 0.3) is 10.8 Å². The van der Waals surface area contributed by atoms with E-state index < -0.39 is 5.91 Å². The highest BCUT2D eigenvalue weighted by atomic mass is 16.2. The molecule has 29 heavy (non-hydrogen) atoms. The van der Waals surface area contributed by atoms with Gasteiger partial charge in [-0.15, -0.1) is 0 Å². The summed E-state index contributed by atoms with van der Waals surface area (Å²) in [5, 5.41) is 8.00.